The lowest BCUT2D eigenvalue weighted by atomic mass is 9.77. The second-order valence-corrected chi connectivity index (χ2v) is 4.15. The van der Waals surface area contributed by atoms with Gasteiger partial charge in [-0.2, -0.15) is 0 Å². The Bertz CT molecular complexity index is 251. The molecule has 0 amide bonds. The van der Waals surface area contributed by atoms with Crippen molar-refractivity contribution in [2.75, 3.05) is 6.61 Å². The Balaban J connectivity index is 2.05. The topological polar surface area (TPSA) is 29.5 Å². The molecule has 1 fully saturated rings. The van der Waals surface area contributed by atoms with Crippen LogP contribution < -0.4 is 0 Å². The minimum atomic E-state index is -2.59. The van der Waals surface area contributed by atoms with Crippen molar-refractivity contribution in [3.8, 4) is 0 Å². The van der Waals surface area contributed by atoms with Crippen molar-refractivity contribution in [3.63, 3.8) is 0 Å². The minimum absolute atomic E-state index is 0.148. The van der Waals surface area contributed by atoms with Crippen LogP contribution in [-0.2, 0) is 4.74 Å². The first-order valence-corrected chi connectivity index (χ1v) is 4.93. The summed E-state index contributed by atoms with van der Waals surface area (Å²) in [4.78, 5) is 0. The molecule has 1 N–H and O–H groups in total. The van der Waals surface area contributed by atoms with Crippen LogP contribution in [-0.4, -0.2) is 23.2 Å². The molecule has 0 atom stereocenters. The van der Waals surface area contributed by atoms with E-state index < -0.39 is 11.5 Å². The van der Waals surface area contributed by atoms with Crippen molar-refractivity contribution in [1.82, 2.24) is 0 Å². The number of hydrogen-bond acceptors (Lipinski definition) is 2. The van der Waals surface area contributed by atoms with Crippen molar-refractivity contribution >= 4 is 0 Å². The van der Waals surface area contributed by atoms with Gasteiger partial charge in [0.2, 0.25) is 5.92 Å². The number of rotatable bonds is 1. The summed E-state index contributed by atoms with van der Waals surface area (Å²) in [5.74, 6) is -2.59. The van der Waals surface area contributed by atoms with Crippen LogP contribution in [0.1, 0.15) is 32.1 Å². The molecule has 0 saturated heterocycles. The van der Waals surface area contributed by atoms with Crippen molar-refractivity contribution in [1.29, 1.82) is 0 Å². The first kappa shape index (κ1) is 9.90. The van der Waals surface area contributed by atoms with E-state index in [1.54, 1.807) is 0 Å². The Hall–Kier alpha value is -0.640. The number of alkyl halides is 2. The van der Waals surface area contributed by atoms with Gasteiger partial charge in [0, 0.05) is 19.3 Å². The van der Waals surface area contributed by atoms with Crippen LogP contribution in [0.2, 0.25) is 0 Å². The highest BCUT2D eigenvalue weighted by Crippen LogP contribution is 2.43. The molecule has 2 nitrogen and oxygen atoms in total. The minimum Gasteiger partial charge on any atom is -0.501 e. The SMILES string of the molecule is OC1(C2=COCC2)CCC(F)(F)CC1. The van der Waals surface area contributed by atoms with Gasteiger partial charge in [-0.15, -0.1) is 0 Å². The molecule has 0 aromatic rings. The van der Waals surface area contributed by atoms with E-state index >= 15 is 0 Å². The fourth-order valence-electron chi connectivity index (χ4n) is 2.08. The zero-order valence-electron chi connectivity index (χ0n) is 7.93. The average Bonchev–Trinajstić information content (AvgIpc) is 2.64. The van der Waals surface area contributed by atoms with Crippen LogP contribution in [0.5, 0.6) is 0 Å². The van der Waals surface area contributed by atoms with Crippen LogP contribution in [0.25, 0.3) is 0 Å². The number of ether oxygens (including phenoxy) is 1. The largest absolute Gasteiger partial charge is 0.501 e. The van der Waals surface area contributed by atoms with Gasteiger partial charge < -0.3 is 9.84 Å². The average molecular weight is 204 g/mol. The zero-order valence-corrected chi connectivity index (χ0v) is 7.93. The molecule has 2 rings (SSSR count). The number of hydrogen-bond donors (Lipinski definition) is 1. The lowest BCUT2D eigenvalue weighted by molar-refractivity contribution is -0.0898. The molecule has 0 radical (unpaired) electrons. The van der Waals surface area contributed by atoms with Crippen LogP contribution in [0.15, 0.2) is 11.8 Å². The van der Waals surface area contributed by atoms with Crippen LogP contribution in [0.3, 0.4) is 0 Å². The molecule has 0 spiro atoms. The third kappa shape index (κ3) is 1.75. The Kier molecular flexibility index (Phi) is 2.26. The maximum absolute atomic E-state index is 12.9. The van der Waals surface area contributed by atoms with Gasteiger partial charge >= 0.3 is 0 Å². The summed E-state index contributed by atoms with van der Waals surface area (Å²) >= 11 is 0. The second kappa shape index (κ2) is 3.19. The third-order valence-corrected chi connectivity index (χ3v) is 3.12. The molecule has 0 bridgehead atoms. The normalized spacial score (nSPS) is 29.5. The molecule has 0 unspecified atom stereocenters. The van der Waals surface area contributed by atoms with E-state index in [2.05, 4.69) is 0 Å². The summed E-state index contributed by atoms with van der Waals surface area (Å²) in [6.45, 7) is 0.564. The maximum Gasteiger partial charge on any atom is 0.248 e. The molecule has 0 aromatic heterocycles. The molecule has 14 heavy (non-hydrogen) atoms. The molecular formula is C10H14F2O2. The van der Waals surface area contributed by atoms with E-state index in [9.17, 15) is 13.9 Å². The summed E-state index contributed by atoms with van der Waals surface area (Å²) in [5, 5.41) is 10.1. The van der Waals surface area contributed by atoms with Gasteiger partial charge in [-0.3, -0.25) is 0 Å². The summed E-state index contributed by atoms with van der Waals surface area (Å²) in [7, 11) is 0. The van der Waals surface area contributed by atoms with Gasteiger partial charge in [-0.05, 0) is 18.4 Å². The molecular weight excluding hydrogens is 190 g/mol. The molecule has 1 heterocycles. The standard InChI is InChI=1S/C10H14F2O2/c11-10(12)4-2-9(13,3-5-10)8-1-6-14-7-8/h7,13H,1-6H2. The van der Waals surface area contributed by atoms with Crippen LogP contribution >= 0.6 is 0 Å². The lowest BCUT2D eigenvalue weighted by Crippen LogP contribution is -2.39. The zero-order chi connectivity index (χ0) is 10.2. The molecule has 4 heteroatoms. The Morgan fingerprint density at radius 1 is 1.21 bits per heavy atom. The monoisotopic (exact) mass is 204 g/mol. The van der Waals surface area contributed by atoms with Gasteiger partial charge in [-0.1, -0.05) is 0 Å². The molecule has 1 saturated carbocycles. The van der Waals surface area contributed by atoms with E-state index in [4.69, 9.17) is 4.74 Å². The van der Waals surface area contributed by atoms with Gasteiger partial charge in [-0.25, -0.2) is 8.78 Å². The highest BCUT2D eigenvalue weighted by molar-refractivity contribution is 5.18. The predicted molar refractivity (Wildman–Crippen MR) is 47.0 cm³/mol. The predicted octanol–water partition coefficient (Wildman–Crippen LogP) is 2.23. The second-order valence-electron chi connectivity index (χ2n) is 4.15. The summed E-state index contributed by atoms with van der Waals surface area (Å²) in [5.41, 5.74) is -0.244. The summed E-state index contributed by atoms with van der Waals surface area (Å²) in [6.07, 6.45) is 2.05. The van der Waals surface area contributed by atoms with E-state index in [-0.39, 0.29) is 25.7 Å². The Labute approximate surface area is 81.6 Å². The number of halogens is 2. The number of aliphatic hydroxyl groups is 1. The first-order valence-electron chi connectivity index (χ1n) is 4.93. The van der Waals surface area contributed by atoms with E-state index in [0.29, 0.717) is 13.0 Å². The van der Waals surface area contributed by atoms with Crippen molar-refractivity contribution in [2.45, 2.75) is 43.6 Å². The maximum atomic E-state index is 12.9. The van der Waals surface area contributed by atoms with Crippen molar-refractivity contribution < 1.29 is 18.6 Å². The third-order valence-electron chi connectivity index (χ3n) is 3.12. The van der Waals surface area contributed by atoms with Crippen LogP contribution in [0.4, 0.5) is 8.78 Å². The first-order chi connectivity index (χ1) is 6.52. The van der Waals surface area contributed by atoms with Crippen LogP contribution in [0, 0.1) is 0 Å². The molecule has 1 aliphatic carbocycles. The van der Waals surface area contributed by atoms with Gasteiger partial charge in [0.05, 0.1) is 18.5 Å². The van der Waals surface area contributed by atoms with Gasteiger partial charge in [0.1, 0.15) is 0 Å². The smallest absolute Gasteiger partial charge is 0.248 e. The van der Waals surface area contributed by atoms with E-state index in [1.165, 1.54) is 6.26 Å². The van der Waals surface area contributed by atoms with E-state index in [0.717, 1.165) is 5.57 Å². The fraction of sp³-hybridized carbons (Fsp3) is 0.800. The molecule has 2 aliphatic rings. The summed E-state index contributed by atoms with van der Waals surface area (Å²) in [6, 6.07) is 0. The molecule has 0 aromatic carbocycles. The Morgan fingerprint density at radius 3 is 2.36 bits per heavy atom. The highest BCUT2D eigenvalue weighted by atomic mass is 19.3. The Morgan fingerprint density at radius 2 is 1.86 bits per heavy atom. The fourth-order valence-corrected chi connectivity index (χ4v) is 2.08. The molecule has 1 aliphatic heterocycles. The van der Waals surface area contributed by atoms with E-state index in [1.807, 2.05) is 0 Å². The van der Waals surface area contributed by atoms with Crippen molar-refractivity contribution in [3.05, 3.63) is 11.8 Å². The van der Waals surface area contributed by atoms with Gasteiger partial charge in [0.25, 0.3) is 0 Å². The van der Waals surface area contributed by atoms with Gasteiger partial charge in [0.15, 0.2) is 0 Å². The summed E-state index contributed by atoms with van der Waals surface area (Å²) < 4.78 is 30.8. The molecule has 80 valence electrons. The highest BCUT2D eigenvalue weighted by Gasteiger charge is 2.44. The lowest BCUT2D eigenvalue weighted by Gasteiger charge is -2.36. The van der Waals surface area contributed by atoms with Crippen molar-refractivity contribution in [2.24, 2.45) is 0 Å². The quantitative estimate of drug-likeness (QED) is 0.709.